The van der Waals surface area contributed by atoms with Crippen molar-refractivity contribution in [1.82, 2.24) is 10.4 Å². The molecule has 1 amide bonds. The second-order valence-corrected chi connectivity index (χ2v) is 6.76. The fourth-order valence-corrected chi connectivity index (χ4v) is 2.84. The van der Waals surface area contributed by atoms with Crippen molar-refractivity contribution in [2.45, 2.75) is 26.3 Å². The SMILES string of the molecule is CC(CN(C)Cc1ccc(Cc2ccc(OC(F)(F)F)cc2)cc1)C(=O)NO. The molecule has 2 aromatic carbocycles. The Bertz CT molecular complexity index is 762. The lowest BCUT2D eigenvalue weighted by Gasteiger charge is -2.20. The zero-order valence-corrected chi connectivity index (χ0v) is 15.7. The third kappa shape index (κ3) is 7.21. The van der Waals surface area contributed by atoms with Crippen LogP contribution in [0.2, 0.25) is 0 Å². The average Bonchev–Trinajstić information content (AvgIpc) is 2.63. The van der Waals surface area contributed by atoms with E-state index in [2.05, 4.69) is 4.74 Å². The predicted molar refractivity (Wildman–Crippen MR) is 97.8 cm³/mol. The highest BCUT2D eigenvalue weighted by Crippen LogP contribution is 2.23. The van der Waals surface area contributed by atoms with Gasteiger partial charge in [0, 0.05) is 19.0 Å². The Balaban J connectivity index is 1.89. The van der Waals surface area contributed by atoms with Crippen LogP contribution in [0.1, 0.15) is 23.6 Å². The van der Waals surface area contributed by atoms with Gasteiger partial charge in [0.05, 0.1) is 0 Å². The molecule has 2 N–H and O–H groups in total. The first-order chi connectivity index (χ1) is 13.2. The Morgan fingerprint density at radius 2 is 1.57 bits per heavy atom. The summed E-state index contributed by atoms with van der Waals surface area (Å²) in [4.78, 5) is 13.3. The maximum Gasteiger partial charge on any atom is 0.573 e. The summed E-state index contributed by atoms with van der Waals surface area (Å²) < 4.78 is 40.4. The second-order valence-electron chi connectivity index (χ2n) is 6.76. The molecule has 2 rings (SSSR count). The van der Waals surface area contributed by atoms with Gasteiger partial charge in [-0.2, -0.15) is 0 Å². The van der Waals surface area contributed by atoms with Gasteiger partial charge < -0.3 is 9.64 Å². The Kier molecular flexibility index (Phi) is 7.42. The summed E-state index contributed by atoms with van der Waals surface area (Å²) in [5, 5.41) is 8.65. The summed E-state index contributed by atoms with van der Waals surface area (Å²) in [7, 11) is 1.89. The van der Waals surface area contributed by atoms with Crippen molar-refractivity contribution >= 4 is 5.91 Å². The van der Waals surface area contributed by atoms with Gasteiger partial charge in [0.1, 0.15) is 5.75 Å². The highest BCUT2D eigenvalue weighted by Gasteiger charge is 2.30. The van der Waals surface area contributed by atoms with Crippen LogP contribution < -0.4 is 10.2 Å². The monoisotopic (exact) mass is 396 g/mol. The van der Waals surface area contributed by atoms with E-state index in [-0.39, 0.29) is 11.7 Å². The van der Waals surface area contributed by atoms with Crippen LogP contribution in [0.25, 0.3) is 0 Å². The molecular weight excluding hydrogens is 373 g/mol. The van der Waals surface area contributed by atoms with Gasteiger partial charge in [-0.25, -0.2) is 5.48 Å². The molecule has 0 saturated carbocycles. The lowest BCUT2D eigenvalue weighted by molar-refractivity contribution is -0.274. The third-order valence-electron chi connectivity index (χ3n) is 4.18. The molecule has 0 aliphatic carbocycles. The van der Waals surface area contributed by atoms with Crippen molar-refractivity contribution < 1.29 is 27.9 Å². The summed E-state index contributed by atoms with van der Waals surface area (Å²) in [6.45, 7) is 2.88. The molecule has 0 spiro atoms. The summed E-state index contributed by atoms with van der Waals surface area (Å²) in [5.74, 6) is -0.994. The molecule has 0 aromatic heterocycles. The molecule has 1 unspecified atom stereocenters. The highest BCUT2D eigenvalue weighted by atomic mass is 19.4. The van der Waals surface area contributed by atoms with Crippen molar-refractivity contribution in [2.75, 3.05) is 13.6 Å². The molecule has 0 heterocycles. The minimum absolute atomic E-state index is 0.237. The molecule has 0 saturated heterocycles. The Labute approximate surface area is 161 Å². The number of hydroxylamine groups is 1. The van der Waals surface area contributed by atoms with E-state index >= 15 is 0 Å². The fraction of sp³-hybridized carbons (Fsp3) is 0.350. The van der Waals surface area contributed by atoms with E-state index < -0.39 is 12.3 Å². The van der Waals surface area contributed by atoms with Gasteiger partial charge in [0.2, 0.25) is 5.91 Å². The minimum Gasteiger partial charge on any atom is -0.406 e. The Morgan fingerprint density at radius 1 is 1.07 bits per heavy atom. The van der Waals surface area contributed by atoms with Crippen LogP contribution >= 0.6 is 0 Å². The standard InChI is InChI=1S/C20H23F3N2O3/c1-14(19(26)24-27)12-25(2)13-17-5-3-15(4-6-17)11-16-7-9-18(10-8-16)28-20(21,22)23/h3-10,14,27H,11-13H2,1-2H3,(H,24,26). The maximum atomic E-state index is 12.2. The second kappa shape index (κ2) is 9.57. The number of ether oxygens (including phenoxy) is 1. The number of hydrogen-bond donors (Lipinski definition) is 2. The lowest BCUT2D eigenvalue weighted by atomic mass is 10.0. The van der Waals surface area contributed by atoms with Crippen molar-refractivity contribution in [1.29, 1.82) is 0 Å². The van der Waals surface area contributed by atoms with Gasteiger partial charge in [-0.3, -0.25) is 10.0 Å². The number of carbonyl (C=O) groups excluding carboxylic acids is 1. The first-order valence-electron chi connectivity index (χ1n) is 8.71. The van der Waals surface area contributed by atoms with Crippen LogP contribution in [0.4, 0.5) is 13.2 Å². The van der Waals surface area contributed by atoms with Crippen LogP contribution in [0, 0.1) is 5.92 Å². The predicted octanol–water partition coefficient (Wildman–Crippen LogP) is 3.75. The van der Waals surface area contributed by atoms with Gasteiger partial charge >= 0.3 is 6.36 Å². The number of alkyl halides is 3. The Hall–Kier alpha value is -2.58. The molecule has 0 fully saturated rings. The first-order valence-corrected chi connectivity index (χ1v) is 8.71. The number of rotatable bonds is 8. The van der Waals surface area contributed by atoms with E-state index in [4.69, 9.17) is 5.21 Å². The summed E-state index contributed by atoms with van der Waals surface area (Å²) in [5.41, 5.74) is 4.63. The number of nitrogens with one attached hydrogen (secondary N) is 1. The normalized spacial score (nSPS) is 12.7. The topological polar surface area (TPSA) is 61.8 Å². The summed E-state index contributed by atoms with van der Waals surface area (Å²) in [6, 6.07) is 13.7. The smallest absolute Gasteiger partial charge is 0.406 e. The maximum absolute atomic E-state index is 12.2. The van der Waals surface area contributed by atoms with E-state index in [1.165, 1.54) is 12.1 Å². The van der Waals surface area contributed by atoms with Gasteiger partial charge in [0.25, 0.3) is 0 Å². The molecule has 5 nitrogen and oxygen atoms in total. The van der Waals surface area contributed by atoms with Crippen LogP contribution in [0.15, 0.2) is 48.5 Å². The zero-order valence-electron chi connectivity index (χ0n) is 15.7. The van der Waals surface area contributed by atoms with Crippen LogP contribution in [-0.4, -0.2) is 36.0 Å². The fourth-order valence-electron chi connectivity index (χ4n) is 2.84. The lowest BCUT2D eigenvalue weighted by Crippen LogP contribution is -2.34. The quantitative estimate of drug-likeness (QED) is 0.527. The van der Waals surface area contributed by atoms with E-state index in [1.807, 2.05) is 36.2 Å². The number of benzene rings is 2. The van der Waals surface area contributed by atoms with Crippen LogP contribution in [-0.2, 0) is 17.8 Å². The summed E-state index contributed by atoms with van der Waals surface area (Å²) in [6.07, 6.45) is -4.10. The first kappa shape index (κ1) is 21.7. The molecule has 0 aliphatic heterocycles. The minimum atomic E-state index is -4.69. The van der Waals surface area contributed by atoms with Gasteiger partial charge in [-0.15, -0.1) is 13.2 Å². The molecule has 0 radical (unpaired) electrons. The van der Waals surface area contributed by atoms with Crippen LogP contribution in [0.5, 0.6) is 5.75 Å². The van der Waals surface area contributed by atoms with Crippen molar-refractivity contribution in [3.63, 3.8) is 0 Å². The van der Waals surface area contributed by atoms with Gasteiger partial charge in [-0.05, 0) is 42.3 Å². The molecule has 0 bridgehead atoms. The van der Waals surface area contributed by atoms with E-state index in [0.717, 1.165) is 16.7 Å². The molecular formula is C20H23F3N2O3. The number of halogens is 3. The number of hydrogen-bond acceptors (Lipinski definition) is 4. The molecule has 0 aliphatic rings. The van der Waals surface area contributed by atoms with E-state index in [1.54, 1.807) is 24.5 Å². The molecule has 152 valence electrons. The largest absolute Gasteiger partial charge is 0.573 e. The van der Waals surface area contributed by atoms with E-state index in [0.29, 0.717) is 19.5 Å². The molecule has 2 aromatic rings. The van der Waals surface area contributed by atoms with Crippen LogP contribution in [0.3, 0.4) is 0 Å². The number of nitrogens with zero attached hydrogens (tertiary/aromatic N) is 1. The van der Waals surface area contributed by atoms with Crippen molar-refractivity contribution in [3.05, 3.63) is 65.2 Å². The zero-order chi connectivity index (χ0) is 20.7. The molecule has 1 atom stereocenters. The highest BCUT2D eigenvalue weighted by molar-refractivity contribution is 5.77. The number of carbonyl (C=O) groups is 1. The average molecular weight is 396 g/mol. The van der Waals surface area contributed by atoms with Gasteiger partial charge in [-0.1, -0.05) is 43.3 Å². The molecule has 28 heavy (non-hydrogen) atoms. The summed E-state index contributed by atoms with van der Waals surface area (Å²) >= 11 is 0. The third-order valence-corrected chi connectivity index (χ3v) is 4.18. The Morgan fingerprint density at radius 3 is 2.07 bits per heavy atom. The van der Waals surface area contributed by atoms with Crippen molar-refractivity contribution in [2.24, 2.45) is 5.92 Å². The van der Waals surface area contributed by atoms with E-state index in [9.17, 15) is 18.0 Å². The number of amides is 1. The van der Waals surface area contributed by atoms with Gasteiger partial charge in [0.15, 0.2) is 0 Å². The van der Waals surface area contributed by atoms with Crippen molar-refractivity contribution in [3.8, 4) is 5.75 Å². The molecule has 8 heteroatoms.